The van der Waals surface area contributed by atoms with Crippen molar-refractivity contribution in [3.8, 4) is 33.6 Å². The van der Waals surface area contributed by atoms with E-state index < -0.39 is 46.4 Å². The number of H-pyrrole nitrogens is 2. The maximum Gasteiger partial charge on any atom is 0.411 e. The normalized spacial score (nSPS) is 27.0. The number of benzene rings is 2. The lowest BCUT2D eigenvalue weighted by atomic mass is 9.79. The second-order valence-corrected chi connectivity index (χ2v) is 18.2. The molecular formula is C42H46F4N6O4. The lowest BCUT2D eigenvalue weighted by Crippen LogP contribution is -2.43. The van der Waals surface area contributed by atoms with Gasteiger partial charge in [-0.3, -0.25) is 9.80 Å². The summed E-state index contributed by atoms with van der Waals surface area (Å²) in [6.07, 6.45) is 7.34. The number of fused-ring (bicyclic) bond motifs is 7. The van der Waals surface area contributed by atoms with Gasteiger partial charge in [0.25, 0.3) is 0 Å². The van der Waals surface area contributed by atoms with Gasteiger partial charge in [-0.2, -0.15) is 17.6 Å². The molecule has 9 rings (SSSR count). The number of amides is 2. The van der Waals surface area contributed by atoms with Crippen molar-refractivity contribution in [2.75, 3.05) is 0 Å². The van der Waals surface area contributed by atoms with E-state index in [0.29, 0.717) is 23.0 Å². The maximum absolute atomic E-state index is 16.1. The van der Waals surface area contributed by atoms with Crippen LogP contribution in [0.1, 0.15) is 115 Å². The van der Waals surface area contributed by atoms with E-state index in [2.05, 4.69) is 19.9 Å². The molecule has 4 bridgehead atoms. The second-order valence-electron chi connectivity index (χ2n) is 18.2. The van der Waals surface area contributed by atoms with Gasteiger partial charge in [-0.15, -0.1) is 0 Å². The quantitative estimate of drug-likeness (QED) is 0.200. The van der Waals surface area contributed by atoms with Crippen LogP contribution in [0.25, 0.3) is 33.6 Å². The van der Waals surface area contributed by atoms with Crippen molar-refractivity contribution in [3.63, 3.8) is 0 Å². The fourth-order valence-corrected chi connectivity index (χ4v) is 9.85. The van der Waals surface area contributed by atoms with E-state index in [-0.39, 0.29) is 58.3 Å². The Bertz CT molecular complexity index is 2080. The molecule has 2 aromatic heterocycles. The number of aromatic nitrogens is 4. The molecule has 0 radical (unpaired) electrons. The van der Waals surface area contributed by atoms with Gasteiger partial charge < -0.3 is 19.4 Å². The van der Waals surface area contributed by atoms with E-state index in [1.54, 1.807) is 21.9 Å². The van der Waals surface area contributed by atoms with E-state index in [1.165, 1.54) is 24.5 Å². The molecule has 4 fully saturated rings. The number of alkyl halides is 4. The van der Waals surface area contributed by atoms with Crippen LogP contribution < -0.4 is 0 Å². The fourth-order valence-electron chi connectivity index (χ4n) is 9.85. The molecule has 4 heterocycles. The minimum Gasteiger partial charge on any atom is -0.444 e. The number of halogens is 4. The van der Waals surface area contributed by atoms with Crippen molar-refractivity contribution in [1.29, 1.82) is 0 Å². The zero-order valence-electron chi connectivity index (χ0n) is 32.3. The van der Waals surface area contributed by atoms with Crippen LogP contribution in [-0.2, 0) is 21.3 Å². The molecule has 14 heteroatoms. The molecular weight excluding hydrogens is 728 g/mol. The highest BCUT2D eigenvalue weighted by Gasteiger charge is 2.63. The molecule has 2 amide bonds. The van der Waals surface area contributed by atoms with Crippen molar-refractivity contribution in [1.82, 2.24) is 29.7 Å². The molecule has 5 aliphatic rings. The van der Waals surface area contributed by atoms with Gasteiger partial charge in [0.1, 0.15) is 22.9 Å². The molecule has 2 saturated carbocycles. The fraction of sp³-hybridized carbons (Fsp3) is 0.524. The van der Waals surface area contributed by atoms with Gasteiger partial charge in [-0.25, -0.2) is 19.6 Å². The number of aromatic amines is 2. The topological polar surface area (TPSA) is 116 Å². The monoisotopic (exact) mass is 774 g/mol. The first-order chi connectivity index (χ1) is 26.3. The van der Waals surface area contributed by atoms with E-state index in [4.69, 9.17) is 9.47 Å². The van der Waals surface area contributed by atoms with Crippen molar-refractivity contribution < 1.29 is 36.6 Å². The zero-order valence-corrected chi connectivity index (χ0v) is 32.3. The Morgan fingerprint density at radius 3 is 1.43 bits per heavy atom. The maximum atomic E-state index is 16.1. The molecule has 2 aliphatic heterocycles. The number of ether oxygens (including phenoxy) is 2. The first-order valence-electron chi connectivity index (χ1n) is 19.5. The van der Waals surface area contributed by atoms with E-state index in [9.17, 15) is 9.59 Å². The number of hydrogen-bond donors (Lipinski definition) is 2. The van der Waals surface area contributed by atoms with Crippen molar-refractivity contribution in [2.24, 2.45) is 11.8 Å². The van der Waals surface area contributed by atoms with Crippen LogP contribution in [0.4, 0.5) is 27.2 Å². The Balaban J connectivity index is 1.01. The number of imidazole rings is 2. The SMILES string of the molecule is CC(C)(C)OC(=O)N1C2CC[C@@H](C2)[C@H]1c1ncc(-c2ccc3c(c2)C(F)(F)C(F)(F)c2cc(-c4cnc([C@@H]5[C@H]6CC[C@H](C6)N5C(=O)OC(C)(C)C)[nH]4)ccc2-3)[nH]1. The largest absolute Gasteiger partial charge is 0.444 e. The highest BCUT2D eigenvalue weighted by Crippen LogP contribution is 2.59. The minimum absolute atomic E-state index is 0.00968. The standard InChI is InChI=1S/C42H46F4N6O4/c1-39(2,3)55-37(53)51-25-11-7-23(15-25)33(51)35-47-19-31(49-35)21-9-13-27-28-14-10-22(18-30(28)42(45,46)41(43,44)29(27)17-21)32-20-48-36(50-32)34-24-8-12-26(16-24)52(34)38(54)56-40(4,5)6/h9-10,13-14,17-20,23-26,33-34H,7-8,11-12,15-16H2,1-6H3,(H,47,49)(H,48,50)/t23-,24-,25+,26?,33-,34-/m0/s1. The molecule has 2 saturated heterocycles. The highest BCUT2D eigenvalue weighted by molar-refractivity contribution is 5.81. The Hall–Kier alpha value is -4.88. The molecule has 3 aliphatic carbocycles. The summed E-state index contributed by atoms with van der Waals surface area (Å²) in [5.41, 5.74) is -1.60. The van der Waals surface area contributed by atoms with E-state index >= 15 is 17.6 Å². The van der Waals surface area contributed by atoms with Gasteiger partial charge in [0.15, 0.2) is 0 Å². The number of nitrogens with one attached hydrogen (secondary N) is 2. The number of nitrogens with zero attached hydrogens (tertiary/aromatic N) is 4. The van der Waals surface area contributed by atoms with Crippen LogP contribution in [0, 0.1) is 11.8 Å². The van der Waals surface area contributed by atoms with Crippen LogP contribution in [-0.4, -0.2) is 65.2 Å². The summed E-state index contributed by atoms with van der Waals surface area (Å²) in [7, 11) is 0. The van der Waals surface area contributed by atoms with Gasteiger partial charge in [0, 0.05) is 34.3 Å². The smallest absolute Gasteiger partial charge is 0.411 e. The summed E-state index contributed by atoms with van der Waals surface area (Å²) >= 11 is 0. The van der Waals surface area contributed by atoms with Gasteiger partial charge in [-0.05, 0) is 115 Å². The Morgan fingerprint density at radius 1 is 0.661 bits per heavy atom. The van der Waals surface area contributed by atoms with Crippen LogP contribution in [0.2, 0.25) is 0 Å². The molecule has 6 atom stereocenters. The predicted octanol–water partition coefficient (Wildman–Crippen LogP) is 10.3. The summed E-state index contributed by atoms with van der Waals surface area (Å²) in [6, 6.07) is 7.65. The van der Waals surface area contributed by atoms with Crippen LogP contribution >= 0.6 is 0 Å². The van der Waals surface area contributed by atoms with Crippen molar-refractivity contribution in [2.45, 2.75) is 127 Å². The molecule has 2 N–H and O–H groups in total. The van der Waals surface area contributed by atoms with Crippen molar-refractivity contribution >= 4 is 12.2 Å². The summed E-state index contributed by atoms with van der Waals surface area (Å²) < 4.78 is 76.0. The number of likely N-dealkylation sites (tertiary alicyclic amines) is 2. The van der Waals surface area contributed by atoms with Gasteiger partial charge in [0.2, 0.25) is 0 Å². The predicted molar refractivity (Wildman–Crippen MR) is 199 cm³/mol. The summed E-state index contributed by atoms with van der Waals surface area (Å²) in [5.74, 6) is -7.74. The first-order valence-corrected chi connectivity index (χ1v) is 19.5. The van der Waals surface area contributed by atoms with E-state index in [1.807, 2.05) is 41.5 Å². The molecule has 56 heavy (non-hydrogen) atoms. The number of piperidine rings is 2. The van der Waals surface area contributed by atoms with Crippen LogP contribution in [0.15, 0.2) is 48.8 Å². The molecule has 1 unspecified atom stereocenters. The summed E-state index contributed by atoms with van der Waals surface area (Å²) in [5, 5.41) is 0. The van der Waals surface area contributed by atoms with Crippen LogP contribution in [0.5, 0.6) is 0 Å². The van der Waals surface area contributed by atoms with Gasteiger partial charge in [-0.1, -0.05) is 24.3 Å². The van der Waals surface area contributed by atoms with Gasteiger partial charge in [0.05, 0.1) is 35.9 Å². The Labute approximate surface area is 322 Å². The van der Waals surface area contributed by atoms with Gasteiger partial charge >= 0.3 is 24.0 Å². The zero-order chi connectivity index (χ0) is 39.7. The molecule has 296 valence electrons. The summed E-state index contributed by atoms with van der Waals surface area (Å²) in [4.78, 5) is 45.5. The van der Waals surface area contributed by atoms with Crippen LogP contribution in [0.3, 0.4) is 0 Å². The molecule has 0 spiro atoms. The lowest BCUT2D eigenvalue weighted by Gasteiger charge is -2.35. The average molecular weight is 775 g/mol. The number of carbonyl (C=O) groups is 2. The lowest BCUT2D eigenvalue weighted by molar-refractivity contribution is -0.225. The number of rotatable bonds is 4. The third kappa shape index (κ3) is 5.79. The second kappa shape index (κ2) is 12.3. The number of carbonyl (C=O) groups excluding carboxylic acids is 2. The van der Waals surface area contributed by atoms with E-state index in [0.717, 1.165) is 50.7 Å². The minimum atomic E-state index is -4.54. The third-order valence-corrected chi connectivity index (χ3v) is 12.2. The highest BCUT2D eigenvalue weighted by atomic mass is 19.3. The average Bonchev–Trinajstić information content (AvgIpc) is 3.97. The molecule has 2 aromatic carbocycles. The molecule has 4 aromatic rings. The Morgan fingerprint density at radius 2 is 1.05 bits per heavy atom. The summed E-state index contributed by atoms with van der Waals surface area (Å²) in [6.45, 7) is 10.9. The van der Waals surface area contributed by atoms with Crippen molar-refractivity contribution in [3.05, 3.63) is 71.6 Å². The molecule has 10 nitrogen and oxygen atoms in total. The first kappa shape index (κ1) is 36.7. The third-order valence-electron chi connectivity index (χ3n) is 12.2. The Kier molecular flexibility index (Phi) is 8.08. The number of hydrogen-bond acceptors (Lipinski definition) is 6.